The Morgan fingerprint density at radius 3 is 1.67 bits per heavy atom. The van der Waals surface area contributed by atoms with Gasteiger partial charge < -0.3 is 0 Å². The van der Waals surface area contributed by atoms with Crippen LogP contribution >= 0.6 is 0 Å². The molecule has 0 heterocycles. The second-order valence-corrected chi connectivity index (χ2v) is 1.28. The van der Waals surface area contributed by atoms with Crippen LogP contribution in [0, 0.1) is 17.2 Å². The van der Waals surface area contributed by atoms with Gasteiger partial charge >= 0.3 is 0 Å². The van der Waals surface area contributed by atoms with Crippen molar-refractivity contribution in [3.05, 3.63) is 0 Å². The Hall–Kier alpha value is -0.293. The average molecular weight is 101 g/mol. The largest absolute Gasteiger partial charge is 0.198 e. The molecule has 2 heteroatoms. The van der Waals surface area contributed by atoms with Gasteiger partial charge in [0.15, 0.2) is 0 Å². The summed E-state index contributed by atoms with van der Waals surface area (Å²) in [5, 5.41) is 7.89. The third-order valence-electron chi connectivity index (χ3n) is 0.258. The fraction of sp³-hybridized carbons (Fsp3) is 0.750. The van der Waals surface area contributed by atoms with Gasteiger partial charge in [-0.25, -0.2) is 0 Å². The van der Waals surface area contributed by atoms with Crippen molar-refractivity contribution in [2.75, 3.05) is 0 Å². The number of nitrogens with zero attached hydrogens (tertiary/aromatic N) is 1. The van der Waals surface area contributed by atoms with Crippen molar-refractivity contribution in [1.29, 1.82) is 5.26 Å². The van der Waals surface area contributed by atoms with E-state index in [1.54, 1.807) is 0 Å². The molecule has 1 nitrogen and oxygen atoms in total. The maximum atomic E-state index is 7.89. The average Bonchev–Trinajstić information content (AvgIpc) is 1.38. The summed E-state index contributed by atoms with van der Waals surface area (Å²) in [5.74, 6) is 0.190. The minimum Gasteiger partial charge on any atom is -0.198 e. The Kier molecular flexibility index (Phi) is 7.22. The molecule has 0 amide bonds. The van der Waals surface area contributed by atoms with Crippen LogP contribution in [0.5, 0.6) is 0 Å². The molecule has 0 saturated carbocycles. The van der Waals surface area contributed by atoms with Crippen molar-refractivity contribution in [1.82, 2.24) is 0 Å². The zero-order chi connectivity index (χ0) is 4.28. The highest BCUT2D eigenvalue weighted by atomic mass is 28.1. The van der Waals surface area contributed by atoms with Crippen molar-refractivity contribution in [3.63, 3.8) is 0 Å². The van der Waals surface area contributed by atoms with Crippen LogP contribution in [0.2, 0.25) is 0 Å². The molecule has 6 heavy (non-hydrogen) atoms. The normalized spacial score (nSPS) is 6.33. The van der Waals surface area contributed by atoms with Gasteiger partial charge in [-0.05, 0) is 24.8 Å². The minimum atomic E-state index is 0. The smallest absolute Gasteiger partial charge is 0.0649 e. The lowest BCUT2D eigenvalue weighted by atomic mass is 10.3. The highest BCUT2D eigenvalue weighted by Gasteiger charge is 1.78. The van der Waals surface area contributed by atoms with Crippen molar-refractivity contribution >= 4 is 11.0 Å². The van der Waals surface area contributed by atoms with Gasteiger partial charge in [-0.15, -0.1) is 0 Å². The summed E-state index contributed by atoms with van der Waals surface area (Å²) in [5.41, 5.74) is 0. The van der Waals surface area contributed by atoms with Gasteiger partial charge in [0.2, 0.25) is 0 Å². The predicted octanol–water partition coefficient (Wildman–Crippen LogP) is -0.286. The van der Waals surface area contributed by atoms with Gasteiger partial charge in [0.25, 0.3) is 0 Å². The van der Waals surface area contributed by atoms with E-state index < -0.39 is 0 Å². The molecule has 0 radical (unpaired) electrons. The first-order valence-electron chi connectivity index (χ1n) is 1.67. The molecule has 0 aliphatic heterocycles. The van der Waals surface area contributed by atoms with E-state index in [-0.39, 0.29) is 16.9 Å². The van der Waals surface area contributed by atoms with E-state index in [0.717, 1.165) is 0 Å². The topological polar surface area (TPSA) is 23.8 Å². The first-order valence-corrected chi connectivity index (χ1v) is 1.67. The Morgan fingerprint density at radius 2 is 1.67 bits per heavy atom. The second kappa shape index (κ2) is 4.71. The van der Waals surface area contributed by atoms with E-state index in [1.807, 2.05) is 19.9 Å². The van der Waals surface area contributed by atoms with E-state index in [0.29, 0.717) is 0 Å². The highest BCUT2D eigenvalue weighted by Crippen LogP contribution is 1.81. The van der Waals surface area contributed by atoms with E-state index in [2.05, 4.69) is 0 Å². The zero-order valence-electron chi connectivity index (χ0n) is 3.52. The zero-order valence-corrected chi connectivity index (χ0v) is 3.52. The van der Waals surface area contributed by atoms with Gasteiger partial charge in [0.1, 0.15) is 0 Å². The van der Waals surface area contributed by atoms with Crippen LogP contribution in [0.1, 0.15) is 13.8 Å². The Labute approximate surface area is 43.0 Å². The molecule has 36 valence electrons. The van der Waals surface area contributed by atoms with Crippen LogP contribution < -0.4 is 0 Å². The van der Waals surface area contributed by atoms with Gasteiger partial charge in [0.05, 0.1) is 6.07 Å². The quantitative estimate of drug-likeness (QED) is 0.385. The molecule has 0 atom stereocenters. The van der Waals surface area contributed by atoms with Gasteiger partial charge in [-0.3, -0.25) is 0 Å². The molecule has 0 fully saturated rings. The maximum Gasteiger partial charge on any atom is 0.0649 e. The van der Waals surface area contributed by atoms with Crippen molar-refractivity contribution in [2.24, 2.45) is 5.92 Å². The van der Waals surface area contributed by atoms with Crippen LogP contribution in [0.15, 0.2) is 0 Å². The SMILES string of the molecule is CC(C)C#N.[SiH4]. The lowest BCUT2D eigenvalue weighted by Gasteiger charge is -1.75. The van der Waals surface area contributed by atoms with Gasteiger partial charge in [-0.1, -0.05) is 0 Å². The first kappa shape index (κ1) is 9.20. The summed E-state index contributed by atoms with van der Waals surface area (Å²) in [6, 6.07) is 2.03. The molecule has 0 aliphatic carbocycles. The summed E-state index contributed by atoms with van der Waals surface area (Å²) in [7, 11) is 0. The molecule has 0 saturated heterocycles. The van der Waals surface area contributed by atoms with Crippen molar-refractivity contribution in [3.8, 4) is 6.07 Å². The van der Waals surface area contributed by atoms with Gasteiger partial charge in [-0.2, -0.15) is 5.26 Å². The molecule has 0 bridgehead atoms. The van der Waals surface area contributed by atoms with Gasteiger partial charge in [0, 0.05) is 5.92 Å². The standard InChI is InChI=1S/C4H7N.H4Si/c1-4(2)3-5;/h4H,1-2H3;1H4. The summed E-state index contributed by atoms with van der Waals surface area (Å²) in [6.07, 6.45) is 0. The van der Waals surface area contributed by atoms with Crippen LogP contribution in [-0.4, -0.2) is 11.0 Å². The summed E-state index contributed by atoms with van der Waals surface area (Å²) < 4.78 is 0. The van der Waals surface area contributed by atoms with E-state index in [4.69, 9.17) is 5.26 Å². The second-order valence-electron chi connectivity index (χ2n) is 1.28. The van der Waals surface area contributed by atoms with Crippen molar-refractivity contribution < 1.29 is 0 Å². The van der Waals surface area contributed by atoms with Crippen LogP contribution in [0.4, 0.5) is 0 Å². The molecule has 0 spiro atoms. The highest BCUT2D eigenvalue weighted by molar-refractivity contribution is 5.75. The molecule has 0 aromatic carbocycles. The molecule has 0 aliphatic rings. The lowest BCUT2D eigenvalue weighted by molar-refractivity contribution is 0.849. The number of rotatable bonds is 0. The fourth-order valence-corrected chi connectivity index (χ4v) is 0. The first-order chi connectivity index (χ1) is 2.27. The lowest BCUT2D eigenvalue weighted by Crippen LogP contribution is -1.72. The predicted molar refractivity (Wildman–Crippen MR) is 31.8 cm³/mol. The molecule has 0 aromatic rings. The fourth-order valence-electron chi connectivity index (χ4n) is 0. The third kappa shape index (κ3) is 9.32. The number of hydrogen-bond donors (Lipinski definition) is 0. The maximum absolute atomic E-state index is 7.89. The summed E-state index contributed by atoms with van der Waals surface area (Å²) in [6.45, 7) is 3.72. The van der Waals surface area contributed by atoms with Crippen LogP contribution in [-0.2, 0) is 0 Å². The Bertz CT molecular complexity index is 53.1. The van der Waals surface area contributed by atoms with E-state index >= 15 is 0 Å². The van der Waals surface area contributed by atoms with E-state index in [1.165, 1.54) is 0 Å². The molecule has 0 rings (SSSR count). The molecular formula is C4H11NSi. The molecule has 0 N–H and O–H groups in total. The summed E-state index contributed by atoms with van der Waals surface area (Å²) in [4.78, 5) is 0. The van der Waals surface area contributed by atoms with Crippen LogP contribution in [0.3, 0.4) is 0 Å². The van der Waals surface area contributed by atoms with E-state index in [9.17, 15) is 0 Å². The monoisotopic (exact) mass is 101 g/mol. The third-order valence-corrected chi connectivity index (χ3v) is 0.258. The summed E-state index contributed by atoms with van der Waals surface area (Å²) >= 11 is 0. The molecular weight excluding hydrogens is 90.1 g/mol. The minimum absolute atomic E-state index is 0. The number of nitriles is 1. The van der Waals surface area contributed by atoms with Crippen molar-refractivity contribution in [2.45, 2.75) is 13.8 Å². The molecule has 0 aromatic heterocycles. The van der Waals surface area contributed by atoms with Crippen LogP contribution in [0.25, 0.3) is 0 Å². The molecule has 0 unspecified atom stereocenters. The number of hydrogen-bond acceptors (Lipinski definition) is 1. The Balaban J connectivity index is 0. The Morgan fingerprint density at radius 1 is 1.50 bits per heavy atom.